The number of rotatable bonds is 1. The summed E-state index contributed by atoms with van der Waals surface area (Å²) in [6.45, 7) is 2.49. The topological polar surface area (TPSA) is 66.8 Å². The van der Waals surface area contributed by atoms with Crippen LogP contribution in [0.3, 0.4) is 0 Å². The van der Waals surface area contributed by atoms with Crippen molar-refractivity contribution in [3.63, 3.8) is 0 Å². The number of ether oxygens (including phenoxy) is 1. The number of hydrogen-bond acceptors (Lipinski definition) is 4. The summed E-state index contributed by atoms with van der Waals surface area (Å²) in [5.41, 5.74) is -1.27. The molecular weight excluding hydrogens is 148 g/mol. The molecule has 1 unspecified atom stereocenters. The van der Waals surface area contributed by atoms with Gasteiger partial charge >= 0.3 is 0 Å². The second-order valence-electron chi connectivity index (χ2n) is 2.72. The van der Waals surface area contributed by atoms with Gasteiger partial charge in [0.25, 0.3) is 0 Å². The minimum absolute atomic E-state index is 0.173. The van der Waals surface area contributed by atoms with Crippen molar-refractivity contribution in [2.45, 2.75) is 19.4 Å². The summed E-state index contributed by atoms with van der Waals surface area (Å²) in [6.07, 6.45) is 0. The summed E-state index contributed by atoms with van der Waals surface area (Å²) in [5.74, 6) is -0.773. The summed E-state index contributed by atoms with van der Waals surface area (Å²) in [7, 11) is 0. The van der Waals surface area contributed by atoms with Gasteiger partial charge in [-0.2, -0.15) is 0 Å². The van der Waals surface area contributed by atoms with E-state index in [1.165, 1.54) is 13.8 Å². The van der Waals surface area contributed by atoms with Crippen LogP contribution in [0.25, 0.3) is 0 Å². The van der Waals surface area contributed by atoms with Crippen LogP contribution >= 0.6 is 0 Å². The van der Waals surface area contributed by atoms with Crippen LogP contribution in [0.15, 0.2) is 11.5 Å². The summed E-state index contributed by atoms with van der Waals surface area (Å²) < 4.78 is 4.95. The first-order chi connectivity index (χ1) is 5.01. The van der Waals surface area contributed by atoms with Gasteiger partial charge in [-0.3, -0.25) is 4.79 Å². The van der Waals surface area contributed by atoms with Crippen LogP contribution in [0, 0.1) is 0 Å². The van der Waals surface area contributed by atoms with Crippen molar-refractivity contribution in [1.82, 2.24) is 0 Å². The van der Waals surface area contributed by atoms with Gasteiger partial charge in [-0.05, 0) is 13.8 Å². The van der Waals surface area contributed by atoms with E-state index in [4.69, 9.17) is 14.9 Å². The minimum atomic E-state index is -1.27. The Bertz CT molecular complexity index is 231. The van der Waals surface area contributed by atoms with Gasteiger partial charge < -0.3 is 14.9 Å². The third-order valence-electron chi connectivity index (χ3n) is 1.71. The first-order valence-corrected chi connectivity index (χ1v) is 3.26. The highest BCUT2D eigenvalue weighted by molar-refractivity contribution is 6.02. The van der Waals surface area contributed by atoms with Gasteiger partial charge in [0.1, 0.15) is 5.76 Å². The predicted molar refractivity (Wildman–Crippen MR) is 36.9 cm³/mol. The monoisotopic (exact) mass is 158 g/mol. The Morgan fingerprint density at radius 2 is 2.18 bits per heavy atom. The Morgan fingerprint density at radius 3 is 2.36 bits per heavy atom. The zero-order valence-electron chi connectivity index (χ0n) is 6.42. The Morgan fingerprint density at radius 1 is 1.64 bits per heavy atom. The largest absolute Gasteiger partial charge is 0.502 e. The standard InChI is InChI=1S/C7H10O4/c1-4-5(9)6(10)7(2,3-8)11-4/h8-9H,3H2,1-2H3. The fourth-order valence-corrected chi connectivity index (χ4v) is 0.947. The van der Waals surface area contributed by atoms with Crippen LogP contribution < -0.4 is 0 Å². The molecule has 1 aliphatic rings. The number of ketones is 1. The Labute approximate surface area is 64.1 Å². The second-order valence-corrected chi connectivity index (χ2v) is 2.72. The van der Waals surface area contributed by atoms with Crippen molar-refractivity contribution in [3.8, 4) is 0 Å². The molecule has 0 bridgehead atoms. The summed E-state index contributed by atoms with van der Waals surface area (Å²) in [5, 5.41) is 17.8. The fourth-order valence-electron chi connectivity index (χ4n) is 0.947. The number of Topliss-reactive ketones (excluding diaryl/α,β-unsaturated/α-hetero) is 1. The SMILES string of the molecule is CC1=C(O)C(=O)C(C)(CO)O1. The molecule has 62 valence electrons. The fraction of sp³-hybridized carbons (Fsp3) is 0.571. The Hall–Kier alpha value is -1.03. The molecule has 0 saturated carbocycles. The maximum atomic E-state index is 11.1. The highest BCUT2D eigenvalue weighted by atomic mass is 16.5. The molecule has 0 aromatic heterocycles. The molecule has 0 aliphatic carbocycles. The molecule has 0 aromatic rings. The van der Waals surface area contributed by atoms with E-state index < -0.39 is 18.0 Å². The van der Waals surface area contributed by atoms with Crippen molar-refractivity contribution in [2.24, 2.45) is 0 Å². The van der Waals surface area contributed by atoms with Gasteiger partial charge in [0, 0.05) is 0 Å². The molecule has 11 heavy (non-hydrogen) atoms. The average molecular weight is 158 g/mol. The molecular formula is C7H10O4. The Balaban J connectivity index is 2.95. The predicted octanol–water partition coefficient (Wildman–Crippen LogP) is 0.126. The van der Waals surface area contributed by atoms with E-state index in [0.29, 0.717) is 0 Å². The van der Waals surface area contributed by atoms with Crippen molar-refractivity contribution in [3.05, 3.63) is 11.5 Å². The van der Waals surface area contributed by atoms with Gasteiger partial charge in [0.05, 0.1) is 6.61 Å². The van der Waals surface area contributed by atoms with E-state index in [1.807, 2.05) is 0 Å². The third kappa shape index (κ3) is 0.991. The number of carbonyl (C=O) groups is 1. The highest BCUT2D eigenvalue weighted by Crippen LogP contribution is 2.27. The van der Waals surface area contributed by atoms with Crippen molar-refractivity contribution < 1.29 is 19.7 Å². The van der Waals surface area contributed by atoms with Gasteiger partial charge in [-0.15, -0.1) is 0 Å². The number of allylic oxidation sites excluding steroid dienone is 1. The second kappa shape index (κ2) is 2.23. The maximum Gasteiger partial charge on any atom is 0.246 e. The molecule has 0 amide bonds. The van der Waals surface area contributed by atoms with E-state index in [2.05, 4.69) is 0 Å². The highest BCUT2D eigenvalue weighted by Gasteiger charge is 2.44. The lowest BCUT2D eigenvalue weighted by Gasteiger charge is -2.18. The summed E-state index contributed by atoms with van der Waals surface area (Å²) in [4.78, 5) is 11.1. The maximum absolute atomic E-state index is 11.1. The molecule has 2 N–H and O–H groups in total. The zero-order chi connectivity index (χ0) is 8.65. The average Bonchev–Trinajstić information content (AvgIpc) is 2.17. The van der Waals surface area contributed by atoms with Crippen LogP contribution in [0.2, 0.25) is 0 Å². The molecule has 1 rings (SSSR count). The molecule has 0 radical (unpaired) electrons. The van der Waals surface area contributed by atoms with E-state index in [-0.39, 0.29) is 11.5 Å². The van der Waals surface area contributed by atoms with Crippen molar-refractivity contribution in [2.75, 3.05) is 6.61 Å². The number of aliphatic hydroxyl groups is 2. The van der Waals surface area contributed by atoms with Crippen molar-refractivity contribution in [1.29, 1.82) is 0 Å². The molecule has 0 saturated heterocycles. The molecule has 0 fully saturated rings. The Kier molecular flexibility index (Phi) is 1.64. The van der Waals surface area contributed by atoms with Gasteiger partial charge in [0.2, 0.25) is 11.5 Å². The lowest BCUT2D eigenvalue weighted by Crippen LogP contribution is -2.37. The molecule has 0 aromatic carbocycles. The first kappa shape index (κ1) is 8.07. The smallest absolute Gasteiger partial charge is 0.246 e. The third-order valence-corrected chi connectivity index (χ3v) is 1.71. The van der Waals surface area contributed by atoms with Gasteiger partial charge in [0.15, 0.2) is 5.60 Å². The molecule has 4 heteroatoms. The zero-order valence-corrected chi connectivity index (χ0v) is 6.42. The number of carbonyl (C=O) groups excluding carboxylic acids is 1. The number of hydrogen-bond donors (Lipinski definition) is 2. The van der Waals surface area contributed by atoms with E-state index in [9.17, 15) is 4.79 Å². The van der Waals surface area contributed by atoms with E-state index in [1.54, 1.807) is 0 Å². The molecule has 1 atom stereocenters. The minimum Gasteiger partial charge on any atom is -0.502 e. The van der Waals surface area contributed by atoms with Crippen molar-refractivity contribution >= 4 is 5.78 Å². The van der Waals surface area contributed by atoms with E-state index in [0.717, 1.165) is 0 Å². The molecule has 1 aliphatic heterocycles. The lowest BCUT2D eigenvalue weighted by atomic mass is 10.0. The van der Waals surface area contributed by atoms with Gasteiger partial charge in [-0.1, -0.05) is 0 Å². The van der Waals surface area contributed by atoms with Crippen LogP contribution in [-0.4, -0.2) is 28.2 Å². The van der Waals surface area contributed by atoms with Crippen LogP contribution in [0.5, 0.6) is 0 Å². The molecule has 1 heterocycles. The quantitative estimate of drug-likeness (QED) is 0.569. The van der Waals surface area contributed by atoms with E-state index >= 15 is 0 Å². The molecule has 0 spiro atoms. The van der Waals surface area contributed by atoms with Crippen LogP contribution in [0.4, 0.5) is 0 Å². The van der Waals surface area contributed by atoms with Crippen LogP contribution in [-0.2, 0) is 9.53 Å². The van der Waals surface area contributed by atoms with Crippen LogP contribution in [0.1, 0.15) is 13.8 Å². The first-order valence-electron chi connectivity index (χ1n) is 3.26. The summed E-state index contributed by atoms with van der Waals surface area (Å²) >= 11 is 0. The molecule has 4 nitrogen and oxygen atoms in total. The van der Waals surface area contributed by atoms with Gasteiger partial charge in [-0.25, -0.2) is 0 Å². The number of aliphatic hydroxyl groups excluding tert-OH is 2. The normalized spacial score (nSPS) is 31.0. The summed E-state index contributed by atoms with van der Waals surface area (Å²) in [6, 6.07) is 0. The lowest BCUT2D eigenvalue weighted by molar-refractivity contribution is -0.134.